The van der Waals surface area contributed by atoms with E-state index in [-0.39, 0.29) is 17.0 Å². The number of sulfonamides is 1. The molecule has 2 aromatic rings. The van der Waals surface area contributed by atoms with Gasteiger partial charge in [-0.25, -0.2) is 17.9 Å². The normalized spacial score (nSPS) is 16.2. The Kier molecular flexibility index (Phi) is 6.55. The number of carbonyl (C=O) groups excluding carboxylic acids is 1. The second-order valence-corrected chi connectivity index (χ2v) is 10.5. The first-order chi connectivity index (χ1) is 13.6. The van der Waals surface area contributed by atoms with Crippen molar-refractivity contribution in [3.05, 3.63) is 42.0 Å². The molecular weight excluding hydrogens is 456 g/mol. The van der Waals surface area contributed by atoms with Gasteiger partial charge in [0.25, 0.3) is 0 Å². The Morgan fingerprint density at radius 3 is 2.34 bits per heavy atom. The molecule has 8 heteroatoms. The zero-order valence-electron chi connectivity index (χ0n) is 16.9. The van der Waals surface area contributed by atoms with Crippen LogP contribution in [0.4, 0.5) is 4.79 Å². The lowest BCUT2D eigenvalue weighted by Gasteiger charge is -2.33. The molecule has 29 heavy (non-hydrogen) atoms. The van der Waals surface area contributed by atoms with Crippen LogP contribution >= 0.6 is 15.9 Å². The number of rotatable bonds is 4. The Morgan fingerprint density at radius 2 is 1.76 bits per heavy atom. The van der Waals surface area contributed by atoms with E-state index >= 15 is 0 Å². The van der Waals surface area contributed by atoms with Gasteiger partial charge >= 0.3 is 6.09 Å². The minimum absolute atomic E-state index is 0.215. The van der Waals surface area contributed by atoms with Gasteiger partial charge < -0.3 is 9.64 Å². The second kappa shape index (κ2) is 8.62. The molecule has 158 valence electrons. The Hall–Kier alpha value is -1.64. The van der Waals surface area contributed by atoms with E-state index in [2.05, 4.69) is 20.7 Å². The summed E-state index contributed by atoms with van der Waals surface area (Å²) in [5.74, 6) is 0. The Morgan fingerprint density at radius 1 is 1.14 bits per heavy atom. The number of likely N-dealkylation sites (tertiary alicyclic amines) is 1. The van der Waals surface area contributed by atoms with Crippen LogP contribution in [0.1, 0.15) is 39.2 Å². The third-order valence-corrected chi connectivity index (χ3v) is 7.06. The van der Waals surface area contributed by atoms with Gasteiger partial charge in [0.2, 0.25) is 10.0 Å². The predicted octanol–water partition coefficient (Wildman–Crippen LogP) is 4.41. The van der Waals surface area contributed by atoms with E-state index < -0.39 is 15.6 Å². The maximum absolute atomic E-state index is 13.1. The highest BCUT2D eigenvalue weighted by molar-refractivity contribution is 9.08. The fourth-order valence-electron chi connectivity index (χ4n) is 3.47. The number of fused-ring (bicyclic) bond motifs is 1. The number of ether oxygens (including phenoxy) is 1. The summed E-state index contributed by atoms with van der Waals surface area (Å²) < 4.78 is 34.4. The topological polar surface area (TPSA) is 75.7 Å². The van der Waals surface area contributed by atoms with Crippen LogP contribution in [0.5, 0.6) is 0 Å². The number of alkyl halides is 1. The number of benzene rings is 2. The molecule has 0 radical (unpaired) electrons. The van der Waals surface area contributed by atoms with Crippen molar-refractivity contribution >= 4 is 42.8 Å². The first-order valence-corrected chi connectivity index (χ1v) is 12.3. The van der Waals surface area contributed by atoms with Crippen molar-refractivity contribution in [1.29, 1.82) is 0 Å². The summed E-state index contributed by atoms with van der Waals surface area (Å²) in [6.45, 7) is 6.42. The van der Waals surface area contributed by atoms with Crippen molar-refractivity contribution in [2.75, 3.05) is 13.1 Å². The van der Waals surface area contributed by atoms with E-state index in [1.54, 1.807) is 11.0 Å². The number of amides is 1. The lowest BCUT2D eigenvalue weighted by molar-refractivity contribution is 0.0203. The van der Waals surface area contributed by atoms with Gasteiger partial charge in [0, 0.05) is 29.8 Å². The van der Waals surface area contributed by atoms with Crippen molar-refractivity contribution in [1.82, 2.24) is 9.62 Å². The number of hydrogen-bond acceptors (Lipinski definition) is 4. The minimum Gasteiger partial charge on any atom is -0.444 e. The molecule has 0 atom stereocenters. The number of piperidine rings is 1. The largest absolute Gasteiger partial charge is 0.444 e. The van der Waals surface area contributed by atoms with E-state index in [1.807, 2.05) is 51.1 Å². The van der Waals surface area contributed by atoms with Gasteiger partial charge in [-0.2, -0.15) is 0 Å². The summed E-state index contributed by atoms with van der Waals surface area (Å²) >= 11 is 3.46. The zero-order valence-corrected chi connectivity index (χ0v) is 19.3. The minimum atomic E-state index is -3.68. The van der Waals surface area contributed by atoms with E-state index in [1.165, 1.54) is 0 Å². The van der Waals surface area contributed by atoms with Gasteiger partial charge in [-0.15, -0.1) is 0 Å². The molecule has 1 fully saturated rings. The van der Waals surface area contributed by atoms with E-state index in [9.17, 15) is 13.2 Å². The molecule has 3 rings (SSSR count). The Bertz CT molecular complexity index is 993. The summed E-state index contributed by atoms with van der Waals surface area (Å²) in [6, 6.07) is 10.8. The van der Waals surface area contributed by atoms with Crippen LogP contribution < -0.4 is 4.72 Å². The molecule has 1 N–H and O–H groups in total. The van der Waals surface area contributed by atoms with Gasteiger partial charge in [0.1, 0.15) is 5.60 Å². The molecule has 6 nitrogen and oxygen atoms in total. The summed E-state index contributed by atoms with van der Waals surface area (Å²) in [7, 11) is -3.68. The monoisotopic (exact) mass is 482 g/mol. The molecular formula is C21H27BrN2O4S. The van der Waals surface area contributed by atoms with Crippen LogP contribution in [0.15, 0.2) is 41.3 Å². The Labute approximate surface area is 180 Å². The quantitative estimate of drug-likeness (QED) is 0.654. The molecule has 1 heterocycles. The summed E-state index contributed by atoms with van der Waals surface area (Å²) in [6.07, 6.45) is 0.751. The lowest BCUT2D eigenvalue weighted by atomic mass is 10.1. The maximum atomic E-state index is 13.1. The predicted molar refractivity (Wildman–Crippen MR) is 118 cm³/mol. The van der Waals surface area contributed by atoms with Crippen LogP contribution in [-0.2, 0) is 20.1 Å². The fraction of sp³-hybridized carbons (Fsp3) is 0.476. The highest BCUT2D eigenvalue weighted by Gasteiger charge is 2.29. The van der Waals surface area contributed by atoms with Gasteiger partial charge in [-0.1, -0.05) is 46.3 Å². The van der Waals surface area contributed by atoms with Crippen LogP contribution in [0.25, 0.3) is 10.8 Å². The highest BCUT2D eigenvalue weighted by atomic mass is 79.9. The smallest absolute Gasteiger partial charge is 0.410 e. The van der Waals surface area contributed by atoms with Gasteiger partial charge in [0.05, 0.1) is 4.90 Å². The van der Waals surface area contributed by atoms with E-state index in [4.69, 9.17) is 4.74 Å². The number of nitrogens with one attached hydrogen (secondary N) is 1. The third-order valence-electron chi connectivity index (χ3n) is 4.88. The van der Waals surface area contributed by atoms with Gasteiger partial charge in [-0.3, -0.25) is 0 Å². The fourth-order valence-corrected chi connectivity index (χ4v) is 5.48. The molecule has 1 saturated heterocycles. The highest BCUT2D eigenvalue weighted by Crippen LogP contribution is 2.28. The number of carbonyl (C=O) groups is 1. The molecule has 0 bridgehead atoms. The maximum Gasteiger partial charge on any atom is 0.410 e. The number of halogens is 1. The van der Waals surface area contributed by atoms with Crippen LogP contribution in [0.2, 0.25) is 0 Å². The molecule has 0 unspecified atom stereocenters. The first-order valence-electron chi connectivity index (χ1n) is 9.67. The number of nitrogens with zero attached hydrogens (tertiary/aromatic N) is 1. The first kappa shape index (κ1) is 22.1. The molecule has 0 aliphatic carbocycles. The lowest BCUT2D eigenvalue weighted by Crippen LogP contribution is -2.47. The molecule has 2 aromatic carbocycles. The molecule has 1 aliphatic rings. The van der Waals surface area contributed by atoms with Crippen LogP contribution in [0.3, 0.4) is 0 Å². The SMILES string of the molecule is CC(C)(C)OC(=O)N1CCC(NS(=O)(=O)c2ccc(CBr)c3ccccc23)CC1. The molecule has 1 amide bonds. The van der Waals surface area contributed by atoms with Crippen molar-refractivity contribution < 1.29 is 17.9 Å². The van der Waals surface area contributed by atoms with E-state index in [0.717, 1.165) is 10.9 Å². The standard InChI is InChI=1S/C21H27BrN2O4S/c1-21(2,3)28-20(25)24-12-10-16(11-13-24)23-29(26,27)19-9-8-15(14-22)17-6-4-5-7-18(17)19/h4-9,16,23H,10-14H2,1-3H3. The van der Waals surface area contributed by atoms with Crippen molar-refractivity contribution in [3.8, 4) is 0 Å². The molecule has 0 spiro atoms. The average molecular weight is 483 g/mol. The van der Waals surface area contributed by atoms with Crippen LogP contribution in [-0.4, -0.2) is 44.1 Å². The summed E-state index contributed by atoms with van der Waals surface area (Å²) in [4.78, 5) is 14.1. The van der Waals surface area contributed by atoms with Crippen LogP contribution in [0, 0.1) is 0 Å². The molecule has 1 aliphatic heterocycles. The molecule has 0 saturated carbocycles. The second-order valence-electron chi connectivity index (χ2n) is 8.26. The van der Waals surface area contributed by atoms with Gasteiger partial charge in [-0.05, 0) is 50.6 Å². The summed E-state index contributed by atoms with van der Waals surface area (Å²) in [5, 5.41) is 2.29. The Balaban J connectivity index is 1.72. The summed E-state index contributed by atoms with van der Waals surface area (Å²) in [5.41, 5.74) is 0.503. The zero-order chi connectivity index (χ0) is 21.2. The van der Waals surface area contributed by atoms with Crippen molar-refractivity contribution in [2.45, 2.75) is 55.5 Å². The van der Waals surface area contributed by atoms with Crippen molar-refractivity contribution in [3.63, 3.8) is 0 Å². The van der Waals surface area contributed by atoms with Crippen molar-refractivity contribution in [2.24, 2.45) is 0 Å². The van der Waals surface area contributed by atoms with Gasteiger partial charge in [0.15, 0.2) is 0 Å². The molecule has 0 aromatic heterocycles. The van der Waals surface area contributed by atoms with E-state index in [0.29, 0.717) is 36.6 Å². The third kappa shape index (κ3) is 5.29. The number of hydrogen-bond donors (Lipinski definition) is 1. The average Bonchev–Trinajstić information content (AvgIpc) is 2.66.